The highest BCUT2D eigenvalue weighted by molar-refractivity contribution is 5.85. The molecule has 0 aromatic carbocycles. The molecule has 0 aliphatic carbocycles. The zero-order valence-corrected chi connectivity index (χ0v) is 5.22. The molecule has 0 bridgehead atoms. The third kappa shape index (κ3) is 1.38. The van der Waals surface area contributed by atoms with Crippen LogP contribution in [0.2, 0.25) is 0 Å². The first kappa shape index (κ1) is 6.01. The summed E-state index contributed by atoms with van der Waals surface area (Å²) in [5, 5.41) is 2.84. The standard InChI is InChI=1S/C6H8N2O/c1-5-7-2-6(4-9)3-8-5/h2,4H,3H2,1H3,(H,7,8). The molecule has 3 heteroatoms. The van der Waals surface area contributed by atoms with Gasteiger partial charge in [0.25, 0.3) is 0 Å². The Morgan fingerprint density at radius 1 is 1.89 bits per heavy atom. The van der Waals surface area contributed by atoms with Crippen molar-refractivity contribution in [3.63, 3.8) is 0 Å². The van der Waals surface area contributed by atoms with Gasteiger partial charge in [0, 0.05) is 11.8 Å². The molecular formula is C6H8N2O. The van der Waals surface area contributed by atoms with Crippen molar-refractivity contribution in [1.82, 2.24) is 5.32 Å². The molecular weight excluding hydrogens is 116 g/mol. The molecule has 0 aromatic heterocycles. The van der Waals surface area contributed by atoms with Crippen molar-refractivity contribution >= 4 is 12.1 Å². The van der Waals surface area contributed by atoms with Crippen LogP contribution in [0.25, 0.3) is 0 Å². The number of aldehydes is 1. The van der Waals surface area contributed by atoms with Gasteiger partial charge in [0.1, 0.15) is 6.29 Å². The minimum Gasteiger partial charge on any atom is -0.350 e. The van der Waals surface area contributed by atoms with Gasteiger partial charge in [-0.2, -0.15) is 0 Å². The number of hydrogen-bond acceptors (Lipinski definition) is 3. The number of rotatable bonds is 1. The molecule has 1 aliphatic rings. The van der Waals surface area contributed by atoms with Crippen LogP contribution in [-0.2, 0) is 4.79 Å². The molecule has 1 heterocycles. The Labute approximate surface area is 53.5 Å². The van der Waals surface area contributed by atoms with E-state index in [4.69, 9.17) is 0 Å². The van der Waals surface area contributed by atoms with Gasteiger partial charge in [-0.25, -0.2) is 0 Å². The molecule has 48 valence electrons. The maximum Gasteiger partial charge on any atom is 0.149 e. The highest BCUT2D eigenvalue weighted by atomic mass is 16.1. The molecule has 0 aromatic rings. The zero-order chi connectivity index (χ0) is 6.69. The second-order valence-corrected chi connectivity index (χ2v) is 1.88. The van der Waals surface area contributed by atoms with Gasteiger partial charge in [-0.3, -0.25) is 9.79 Å². The fourth-order valence-corrected chi connectivity index (χ4v) is 0.570. The Morgan fingerprint density at radius 2 is 2.67 bits per heavy atom. The van der Waals surface area contributed by atoms with E-state index in [2.05, 4.69) is 10.3 Å². The molecule has 0 atom stereocenters. The number of carbonyl (C=O) groups is 1. The maximum atomic E-state index is 10.1. The maximum absolute atomic E-state index is 10.1. The van der Waals surface area contributed by atoms with Gasteiger partial charge in [0.15, 0.2) is 0 Å². The summed E-state index contributed by atoms with van der Waals surface area (Å²) >= 11 is 0. The van der Waals surface area contributed by atoms with Gasteiger partial charge in [-0.15, -0.1) is 0 Å². The van der Waals surface area contributed by atoms with E-state index in [9.17, 15) is 4.79 Å². The second kappa shape index (κ2) is 2.44. The molecule has 0 amide bonds. The van der Waals surface area contributed by atoms with Crippen LogP contribution in [0.3, 0.4) is 0 Å². The van der Waals surface area contributed by atoms with Crippen LogP contribution in [0.15, 0.2) is 16.8 Å². The number of carbonyl (C=O) groups excluding carboxylic acids is 1. The predicted octanol–water partition coefficient (Wildman–Crippen LogP) is 0.0908. The number of nitrogens with one attached hydrogen (secondary N) is 1. The summed E-state index contributed by atoms with van der Waals surface area (Å²) in [5.74, 6) is 0.862. The quantitative estimate of drug-likeness (QED) is 0.503. The van der Waals surface area contributed by atoms with Gasteiger partial charge in [-0.1, -0.05) is 0 Å². The molecule has 0 saturated carbocycles. The van der Waals surface area contributed by atoms with Crippen molar-refractivity contribution in [3.8, 4) is 0 Å². The molecule has 1 aliphatic heterocycles. The van der Waals surface area contributed by atoms with Crippen molar-refractivity contribution in [2.24, 2.45) is 4.99 Å². The zero-order valence-electron chi connectivity index (χ0n) is 5.22. The topological polar surface area (TPSA) is 41.5 Å². The normalized spacial score (nSPS) is 17.4. The smallest absolute Gasteiger partial charge is 0.149 e. The summed E-state index contributed by atoms with van der Waals surface area (Å²) in [5.41, 5.74) is 0.695. The van der Waals surface area contributed by atoms with Crippen LogP contribution in [0, 0.1) is 0 Å². The SMILES string of the molecule is CC1=NCC(C=O)=CN1. The van der Waals surface area contributed by atoms with Crippen LogP contribution in [0.4, 0.5) is 0 Å². The summed E-state index contributed by atoms with van der Waals surface area (Å²) in [6.07, 6.45) is 2.48. The molecule has 0 unspecified atom stereocenters. The van der Waals surface area contributed by atoms with Gasteiger partial charge in [0.2, 0.25) is 0 Å². The van der Waals surface area contributed by atoms with Crippen LogP contribution < -0.4 is 5.32 Å². The van der Waals surface area contributed by atoms with E-state index >= 15 is 0 Å². The van der Waals surface area contributed by atoms with E-state index < -0.39 is 0 Å². The Bertz CT molecular complexity index is 181. The lowest BCUT2D eigenvalue weighted by molar-refractivity contribution is -0.104. The summed E-state index contributed by atoms with van der Waals surface area (Å²) in [4.78, 5) is 14.1. The van der Waals surface area contributed by atoms with Crippen molar-refractivity contribution in [2.45, 2.75) is 6.92 Å². The van der Waals surface area contributed by atoms with E-state index in [1.165, 1.54) is 0 Å². The molecule has 0 spiro atoms. The van der Waals surface area contributed by atoms with Gasteiger partial charge < -0.3 is 5.32 Å². The number of amidine groups is 1. The van der Waals surface area contributed by atoms with Crippen molar-refractivity contribution in [2.75, 3.05) is 6.54 Å². The highest BCUT2D eigenvalue weighted by Gasteiger charge is 1.98. The summed E-state index contributed by atoms with van der Waals surface area (Å²) in [6.45, 7) is 2.38. The summed E-state index contributed by atoms with van der Waals surface area (Å²) in [7, 11) is 0. The lowest BCUT2D eigenvalue weighted by atomic mass is 10.3. The first-order valence-electron chi connectivity index (χ1n) is 2.75. The average molecular weight is 124 g/mol. The molecule has 3 nitrogen and oxygen atoms in total. The van der Waals surface area contributed by atoms with Gasteiger partial charge in [-0.05, 0) is 6.92 Å². The number of aliphatic imine (C=N–C) groups is 1. The fraction of sp³-hybridized carbons (Fsp3) is 0.333. The molecule has 0 saturated heterocycles. The van der Waals surface area contributed by atoms with Crippen molar-refractivity contribution in [1.29, 1.82) is 0 Å². The van der Waals surface area contributed by atoms with Crippen molar-refractivity contribution < 1.29 is 4.79 Å². The lowest BCUT2D eigenvalue weighted by Crippen LogP contribution is -2.19. The van der Waals surface area contributed by atoms with E-state index in [-0.39, 0.29) is 0 Å². The van der Waals surface area contributed by atoms with Crippen LogP contribution in [-0.4, -0.2) is 18.7 Å². The van der Waals surface area contributed by atoms with Crippen LogP contribution >= 0.6 is 0 Å². The Kier molecular flexibility index (Phi) is 1.63. The van der Waals surface area contributed by atoms with E-state index in [0.29, 0.717) is 12.1 Å². The molecule has 1 rings (SSSR count). The Morgan fingerprint density at radius 3 is 3.11 bits per heavy atom. The Balaban J connectivity index is 2.58. The van der Waals surface area contributed by atoms with Crippen LogP contribution in [0.1, 0.15) is 6.92 Å². The average Bonchev–Trinajstić information content (AvgIpc) is 1.90. The molecule has 0 fully saturated rings. The minimum atomic E-state index is 0.516. The monoisotopic (exact) mass is 124 g/mol. The van der Waals surface area contributed by atoms with E-state index in [1.54, 1.807) is 6.20 Å². The van der Waals surface area contributed by atoms with E-state index in [1.807, 2.05) is 6.92 Å². The first-order valence-corrected chi connectivity index (χ1v) is 2.75. The first-order chi connectivity index (χ1) is 4.33. The summed E-state index contributed by atoms with van der Waals surface area (Å²) in [6, 6.07) is 0. The third-order valence-corrected chi connectivity index (χ3v) is 1.12. The minimum absolute atomic E-state index is 0.516. The molecule has 1 N–H and O–H groups in total. The largest absolute Gasteiger partial charge is 0.350 e. The molecule has 9 heavy (non-hydrogen) atoms. The van der Waals surface area contributed by atoms with Gasteiger partial charge in [0.05, 0.1) is 12.4 Å². The third-order valence-electron chi connectivity index (χ3n) is 1.12. The van der Waals surface area contributed by atoms with Crippen molar-refractivity contribution in [3.05, 3.63) is 11.8 Å². The highest BCUT2D eigenvalue weighted by Crippen LogP contribution is 1.93. The van der Waals surface area contributed by atoms with Gasteiger partial charge >= 0.3 is 0 Å². The second-order valence-electron chi connectivity index (χ2n) is 1.88. The van der Waals surface area contributed by atoms with E-state index in [0.717, 1.165) is 12.1 Å². The predicted molar refractivity (Wildman–Crippen MR) is 35.3 cm³/mol. The molecule has 0 radical (unpaired) electrons. The number of hydrogen-bond donors (Lipinski definition) is 1. The van der Waals surface area contributed by atoms with Crippen LogP contribution in [0.5, 0.6) is 0 Å². The fourth-order valence-electron chi connectivity index (χ4n) is 0.570. The number of nitrogens with zero attached hydrogens (tertiary/aromatic N) is 1. The Hall–Kier alpha value is -1.12. The lowest BCUT2D eigenvalue weighted by Gasteiger charge is -2.06. The summed E-state index contributed by atoms with van der Waals surface area (Å²) < 4.78 is 0.